The van der Waals surface area contributed by atoms with E-state index in [1.165, 1.54) is 18.1 Å². The Morgan fingerprint density at radius 3 is 2.57 bits per heavy atom. The smallest absolute Gasteiger partial charge is 0.312 e. The lowest BCUT2D eigenvalue weighted by Crippen LogP contribution is -2.26. The van der Waals surface area contributed by atoms with Gasteiger partial charge >= 0.3 is 6.18 Å². The maximum atomic E-state index is 12.9. The molecule has 0 aromatic heterocycles. The maximum absolute atomic E-state index is 12.9. The largest absolute Gasteiger partial charge is 0.416 e. The molecule has 1 aromatic carbocycles. The van der Waals surface area contributed by atoms with E-state index in [0.717, 1.165) is 12.1 Å². The van der Waals surface area contributed by atoms with Crippen molar-refractivity contribution >= 4 is 17.5 Å². The lowest BCUT2D eigenvalue weighted by molar-refractivity contribution is -0.137. The van der Waals surface area contributed by atoms with Crippen LogP contribution in [0.3, 0.4) is 0 Å². The molecule has 0 unspecified atom stereocenters. The van der Waals surface area contributed by atoms with E-state index in [2.05, 4.69) is 4.84 Å². The van der Waals surface area contributed by atoms with E-state index in [1.807, 2.05) is 5.48 Å². The maximum Gasteiger partial charge on any atom is 0.416 e. The van der Waals surface area contributed by atoms with Gasteiger partial charge in [-0.15, -0.1) is 0 Å². The molecule has 8 heteroatoms. The summed E-state index contributed by atoms with van der Waals surface area (Å²) < 4.78 is 38.7. The minimum Gasteiger partial charge on any atom is -0.312 e. The lowest BCUT2D eigenvalue weighted by Gasteiger charge is -2.19. The van der Waals surface area contributed by atoms with E-state index in [0.29, 0.717) is 13.0 Å². The number of benzene rings is 1. The fourth-order valence-corrected chi connectivity index (χ4v) is 2.13. The van der Waals surface area contributed by atoms with Gasteiger partial charge in [0.15, 0.2) is 0 Å². The molecule has 21 heavy (non-hydrogen) atoms. The summed E-state index contributed by atoms with van der Waals surface area (Å²) in [6, 6.07) is 2.83. The first kappa shape index (κ1) is 15.3. The van der Waals surface area contributed by atoms with Gasteiger partial charge in [-0.05, 0) is 24.6 Å². The molecule has 2 rings (SSSR count). The van der Waals surface area contributed by atoms with Gasteiger partial charge in [0.25, 0.3) is 5.91 Å². The molecule has 0 atom stereocenters. The number of hydrogen-bond donors (Lipinski definition) is 1. The van der Waals surface area contributed by atoms with Crippen molar-refractivity contribution in [3.63, 3.8) is 0 Å². The van der Waals surface area contributed by atoms with E-state index in [1.54, 1.807) is 0 Å². The van der Waals surface area contributed by atoms with Gasteiger partial charge in [0.05, 0.1) is 12.7 Å². The highest BCUT2D eigenvalue weighted by atomic mass is 19.4. The van der Waals surface area contributed by atoms with Gasteiger partial charge < -0.3 is 4.90 Å². The number of anilines is 1. The van der Waals surface area contributed by atoms with Crippen LogP contribution in [0.1, 0.15) is 28.8 Å². The molecule has 1 saturated heterocycles. The molecule has 0 spiro atoms. The molecule has 2 amide bonds. The van der Waals surface area contributed by atoms with E-state index in [4.69, 9.17) is 0 Å². The fraction of sp³-hybridized carbons (Fsp3) is 0.385. The minimum atomic E-state index is -4.61. The number of hydroxylamine groups is 1. The Labute approximate surface area is 118 Å². The molecule has 1 fully saturated rings. The van der Waals surface area contributed by atoms with Crippen molar-refractivity contribution in [3.8, 4) is 0 Å². The summed E-state index contributed by atoms with van der Waals surface area (Å²) in [6.07, 6.45) is -3.74. The molecule has 114 valence electrons. The molecule has 1 aliphatic heterocycles. The Morgan fingerprint density at radius 2 is 2.05 bits per heavy atom. The Kier molecular flexibility index (Phi) is 4.17. The van der Waals surface area contributed by atoms with Crippen LogP contribution in [0.15, 0.2) is 18.2 Å². The first-order valence-corrected chi connectivity index (χ1v) is 6.19. The molecule has 1 aromatic rings. The number of carbonyl (C=O) groups is 2. The number of hydrogen-bond acceptors (Lipinski definition) is 3. The number of alkyl halides is 3. The fourth-order valence-electron chi connectivity index (χ4n) is 2.13. The number of rotatable bonds is 3. The molecule has 1 N–H and O–H groups in total. The molecule has 0 radical (unpaired) electrons. The molecular weight excluding hydrogens is 289 g/mol. The van der Waals surface area contributed by atoms with Crippen LogP contribution in [0, 0.1) is 0 Å². The van der Waals surface area contributed by atoms with Gasteiger partial charge in [-0.2, -0.15) is 13.2 Å². The van der Waals surface area contributed by atoms with Gasteiger partial charge in [0.1, 0.15) is 0 Å². The molecular formula is C13H13F3N2O3. The van der Waals surface area contributed by atoms with Crippen LogP contribution in [0.4, 0.5) is 18.9 Å². The second kappa shape index (κ2) is 5.72. The van der Waals surface area contributed by atoms with Crippen LogP contribution in [0.5, 0.6) is 0 Å². The SMILES string of the molecule is CONC(=O)c1cc(N2CCCC2=O)cc(C(F)(F)F)c1. The summed E-state index contributed by atoms with van der Waals surface area (Å²) in [6.45, 7) is 0.339. The van der Waals surface area contributed by atoms with E-state index < -0.39 is 17.6 Å². The summed E-state index contributed by atoms with van der Waals surface area (Å²) >= 11 is 0. The van der Waals surface area contributed by atoms with Gasteiger partial charge in [-0.3, -0.25) is 14.4 Å². The van der Waals surface area contributed by atoms with Crippen molar-refractivity contribution < 1.29 is 27.6 Å². The van der Waals surface area contributed by atoms with Crippen molar-refractivity contribution in [2.45, 2.75) is 19.0 Å². The second-order valence-corrected chi connectivity index (χ2v) is 4.55. The molecule has 1 heterocycles. The average Bonchev–Trinajstić information content (AvgIpc) is 2.84. The number of carbonyl (C=O) groups excluding carboxylic acids is 2. The highest BCUT2D eigenvalue weighted by Crippen LogP contribution is 2.34. The van der Waals surface area contributed by atoms with Crippen molar-refractivity contribution in [1.29, 1.82) is 0 Å². The monoisotopic (exact) mass is 302 g/mol. The zero-order valence-corrected chi connectivity index (χ0v) is 11.2. The highest BCUT2D eigenvalue weighted by Gasteiger charge is 2.33. The normalized spacial score (nSPS) is 15.4. The Balaban J connectivity index is 2.47. The predicted molar refractivity (Wildman–Crippen MR) is 67.5 cm³/mol. The standard InChI is InChI=1S/C13H13F3N2O3/c1-21-17-12(20)8-5-9(13(14,15)16)7-10(6-8)18-4-2-3-11(18)19/h5-7H,2-4H2,1H3,(H,17,20). The third-order valence-electron chi connectivity index (χ3n) is 3.09. The van der Waals surface area contributed by atoms with Crippen molar-refractivity contribution in [3.05, 3.63) is 29.3 Å². The van der Waals surface area contributed by atoms with Gasteiger partial charge in [0.2, 0.25) is 5.91 Å². The van der Waals surface area contributed by atoms with Gasteiger partial charge in [-0.25, -0.2) is 5.48 Å². The first-order valence-electron chi connectivity index (χ1n) is 6.19. The summed E-state index contributed by atoms with van der Waals surface area (Å²) in [5.41, 5.74) is 0.817. The number of nitrogens with one attached hydrogen (secondary N) is 1. The minimum absolute atomic E-state index is 0.0635. The summed E-state index contributed by atoms with van der Waals surface area (Å²) in [4.78, 5) is 29.0. The number of amides is 2. The zero-order chi connectivity index (χ0) is 15.6. The third-order valence-corrected chi connectivity index (χ3v) is 3.09. The highest BCUT2D eigenvalue weighted by molar-refractivity contribution is 5.99. The van der Waals surface area contributed by atoms with Gasteiger partial charge in [-0.1, -0.05) is 0 Å². The quantitative estimate of drug-likeness (QED) is 0.870. The van der Waals surface area contributed by atoms with E-state index in [9.17, 15) is 22.8 Å². The molecule has 0 bridgehead atoms. The summed E-state index contributed by atoms with van der Waals surface area (Å²) in [5.74, 6) is -1.07. The van der Waals surface area contributed by atoms with Crippen LogP contribution in [-0.2, 0) is 15.8 Å². The first-order chi connectivity index (χ1) is 9.82. The number of halogens is 3. The summed E-state index contributed by atoms with van der Waals surface area (Å²) in [5, 5.41) is 0. The van der Waals surface area contributed by atoms with Crippen molar-refractivity contribution in [1.82, 2.24) is 5.48 Å². The second-order valence-electron chi connectivity index (χ2n) is 4.55. The molecule has 0 aliphatic carbocycles. The topological polar surface area (TPSA) is 58.6 Å². The average molecular weight is 302 g/mol. The van der Waals surface area contributed by atoms with E-state index >= 15 is 0 Å². The number of nitrogens with zero attached hydrogens (tertiary/aromatic N) is 1. The van der Waals surface area contributed by atoms with E-state index in [-0.39, 0.29) is 23.6 Å². The van der Waals surface area contributed by atoms with Crippen LogP contribution in [0.25, 0.3) is 0 Å². The van der Waals surface area contributed by atoms with Gasteiger partial charge in [0, 0.05) is 24.2 Å². The van der Waals surface area contributed by atoms with Crippen molar-refractivity contribution in [2.75, 3.05) is 18.6 Å². The predicted octanol–water partition coefficient (Wildman–Crippen LogP) is 2.12. The van der Waals surface area contributed by atoms with Crippen molar-refractivity contribution in [2.24, 2.45) is 0 Å². The van der Waals surface area contributed by atoms with Crippen LogP contribution < -0.4 is 10.4 Å². The third kappa shape index (κ3) is 3.33. The van der Waals surface area contributed by atoms with Crippen LogP contribution >= 0.6 is 0 Å². The Bertz CT molecular complexity index is 572. The summed E-state index contributed by atoms with van der Waals surface area (Å²) in [7, 11) is 1.18. The zero-order valence-electron chi connectivity index (χ0n) is 11.2. The molecule has 5 nitrogen and oxygen atoms in total. The Hall–Kier alpha value is -2.09. The molecule has 0 saturated carbocycles. The lowest BCUT2D eigenvalue weighted by atomic mass is 10.1. The molecule has 1 aliphatic rings. The van der Waals surface area contributed by atoms with Crippen LogP contribution in [-0.4, -0.2) is 25.5 Å². The Morgan fingerprint density at radius 1 is 1.33 bits per heavy atom. The van der Waals surface area contributed by atoms with Crippen LogP contribution in [0.2, 0.25) is 0 Å².